The van der Waals surface area contributed by atoms with Crippen molar-refractivity contribution in [2.75, 3.05) is 13.1 Å². The molecule has 3 rings (SSSR count). The fourth-order valence-corrected chi connectivity index (χ4v) is 2.48. The van der Waals surface area contributed by atoms with Crippen molar-refractivity contribution < 1.29 is 4.42 Å². The van der Waals surface area contributed by atoms with Crippen molar-refractivity contribution in [3.63, 3.8) is 0 Å². The maximum absolute atomic E-state index is 5.33. The highest BCUT2D eigenvalue weighted by molar-refractivity contribution is 14.0. The number of aromatic amines is 1. The van der Waals surface area contributed by atoms with Crippen LogP contribution in [0.4, 0.5) is 0 Å². The lowest BCUT2D eigenvalue weighted by Gasteiger charge is -2.10. The minimum atomic E-state index is 0. The van der Waals surface area contributed by atoms with Gasteiger partial charge in [-0.25, -0.2) is 4.99 Å². The molecule has 6 heteroatoms. The smallest absolute Gasteiger partial charge is 0.191 e. The normalized spacial score (nSPS) is 11.3. The van der Waals surface area contributed by atoms with E-state index < -0.39 is 0 Å². The number of H-pyrrole nitrogens is 1. The van der Waals surface area contributed by atoms with Gasteiger partial charge in [-0.05, 0) is 36.6 Å². The van der Waals surface area contributed by atoms with Crippen molar-refractivity contribution in [1.29, 1.82) is 0 Å². The molecule has 2 aromatic heterocycles. The first-order valence-electron chi connectivity index (χ1n) is 7.96. The van der Waals surface area contributed by atoms with Gasteiger partial charge in [0.1, 0.15) is 5.76 Å². The molecule has 0 radical (unpaired) electrons. The van der Waals surface area contributed by atoms with Crippen LogP contribution in [0.25, 0.3) is 10.9 Å². The van der Waals surface area contributed by atoms with Crippen LogP contribution in [0.1, 0.15) is 18.4 Å². The first kappa shape index (κ1) is 18.4. The van der Waals surface area contributed by atoms with Gasteiger partial charge in [-0.1, -0.05) is 18.2 Å². The van der Waals surface area contributed by atoms with Gasteiger partial charge in [-0.2, -0.15) is 0 Å². The van der Waals surface area contributed by atoms with Gasteiger partial charge in [0.05, 0.1) is 12.8 Å². The monoisotopic (exact) mass is 438 g/mol. The van der Waals surface area contributed by atoms with E-state index in [-0.39, 0.29) is 24.0 Å². The summed E-state index contributed by atoms with van der Waals surface area (Å²) in [7, 11) is 0. The van der Waals surface area contributed by atoms with Crippen LogP contribution in [-0.2, 0) is 13.0 Å². The van der Waals surface area contributed by atoms with Crippen LogP contribution in [0.3, 0.4) is 0 Å². The maximum atomic E-state index is 5.33. The Morgan fingerprint density at radius 1 is 1.17 bits per heavy atom. The second-order valence-corrected chi connectivity index (χ2v) is 5.33. The lowest BCUT2D eigenvalue weighted by Crippen LogP contribution is -2.38. The number of fused-ring (bicyclic) bond motifs is 1. The third-order valence-corrected chi connectivity index (χ3v) is 3.58. The maximum Gasteiger partial charge on any atom is 0.191 e. The number of rotatable bonds is 6. The second-order valence-electron chi connectivity index (χ2n) is 5.33. The molecule has 24 heavy (non-hydrogen) atoms. The molecule has 128 valence electrons. The Bertz CT molecular complexity index is 731. The number of nitrogens with one attached hydrogen (secondary N) is 3. The zero-order chi connectivity index (χ0) is 15.9. The summed E-state index contributed by atoms with van der Waals surface area (Å²) in [6.07, 6.45) is 2.54. The molecule has 0 aliphatic rings. The molecule has 3 aromatic rings. The number of aromatic nitrogens is 1. The van der Waals surface area contributed by atoms with Crippen molar-refractivity contribution in [1.82, 2.24) is 15.6 Å². The predicted octanol–water partition coefficient (Wildman–Crippen LogP) is 3.68. The number of halogens is 1. The van der Waals surface area contributed by atoms with Crippen molar-refractivity contribution in [3.05, 3.63) is 60.2 Å². The van der Waals surface area contributed by atoms with Crippen LogP contribution >= 0.6 is 24.0 Å². The highest BCUT2D eigenvalue weighted by atomic mass is 127. The van der Waals surface area contributed by atoms with Gasteiger partial charge in [0, 0.05) is 30.7 Å². The van der Waals surface area contributed by atoms with Crippen molar-refractivity contribution in [2.24, 2.45) is 4.99 Å². The molecule has 5 nitrogen and oxygen atoms in total. The molecule has 0 aliphatic heterocycles. The number of para-hydroxylation sites is 1. The van der Waals surface area contributed by atoms with E-state index in [9.17, 15) is 0 Å². The van der Waals surface area contributed by atoms with Gasteiger partial charge in [-0.15, -0.1) is 24.0 Å². The van der Waals surface area contributed by atoms with E-state index in [0.29, 0.717) is 6.54 Å². The van der Waals surface area contributed by atoms with Crippen molar-refractivity contribution >= 4 is 40.8 Å². The average Bonchev–Trinajstić information content (AvgIpc) is 3.21. The molecule has 0 atom stereocenters. The van der Waals surface area contributed by atoms with E-state index in [1.807, 2.05) is 24.3 Å². The number of guanidine groups is 1. The lowest BCUT2D eigenvalue weighted by molar-refractivity contribution is 0.507. The van der Waals surface area contributed by atoms with Crippen LogP contribution in [0.2, 0.25) is 0 Å². The van der Waals surface area contributed by atoms with Gasteiger partial charge in [0.15, 0.2) is 5.96 Å². The summed E-state index contributed by atoms with van der Waals surface area (Å²) in [5, 5.41) is 7.81. The molecule has 0 saturated heterocycles. The lowest BCUT2D eigenvalue weighted by atomic mass is 10.2. The van der Waals surface area contributed by atoms with Crippen LogP contribution in [-0.4, -0.2) is 24.0 Å². The summed E-state index contributed by atoms with van der Waals surface area (Å²) in [6, 6.07) is 14.3. The van der Waals surface area contributed by atoms with Crippen LogP contribution in [0.15, 0.2) is 58.1 Å². The first-order valence-corrected chi connectivity index (χ1v) is 7.96. The second kappa shape index (κ2) is 9.36. The van der Waals surface area contributed by atoms with E-state index >= 15 is 0 Å². The SMILES string of the molecule is CCNC(=NCc1cc2ccccc2[nH]1)NCCc1ccco1.I. The topological polar surface area (TPSA) is 65.3 Å². The molecule has 2 heterocycles. The van der Waals surface area contributed by atoms with Crippen LogP contribution in [0, 0.1) is 0 Å². The van der Waals surface area contributed by atoms with E-state index in [1.165, 1.54) is 5.39 Å². The summed E-state index contributed by atoms with van der Waals surface area (Å²) >= 11 is 0. The molecule has 0 fully saturated rings. The Morgan fingerprint density at radius 3 is 2.79 bits per heavy atom. The van der Waals surface area contributed by atoms with E-state index in [2.05, 4.69) is 45.7 Å². The first-order chi connectivity index (χ1) is 11.3. The Balaban J connectivity index is 0.00000208. The minimum Gasteiger partial charge on any atom is -0.469 e. The number of hydrogen-bond donors (Lipinski definition) is 3. The highest BCUT2D eigenvalue weighted by Crippen LogP contribution is 2.14. The molecule has 0 aliphatic carbocycles. The predicted molar refractivity (Wildman–Crippen MR) is 109 cm³/mol. The zero-order valence-electron chi connectivity index (χ0n) is 13.7. The van der Waals surface area contributed by atoms with E-state index in [4.69, 9.17) is 4.42 Å². The van der Waals surface area contributed by atoms with Crippen LogP contribution < -0.4 is 10.6 Å². The largest absolute Gasteiger partial charge is 0.469 e. The fourth-order valence-electron chi connectivity index (χ4n) is 2.48. The fraction of sp³-hybridized carbons (Fsp3) is 0.278. The zero-order valence-corrected chi connectivity index (χ0v) is 16.0. The van der Waals surface area contributed by atoms with Gasteiger partial charge in [0.2, 0.25) is 0 Å². The van der Waals surface area contributed by atoms with E-state index in [0.717, 1.165) is 42.4 Å². The Hall–Kier alpha value is -1.96. The minimum absolute atomic E-state index is 0. The Kier molecular flexibility index (Phi) is 7.17. The third-order valence-electron chi connectivity index (χ3n) is 3.58. The molecule has 0 bridgehead atoms. The molecular weight excluding hydrogens is 415 g/mol. The molecule has 3 N–H and O–H groups in total. The number of nitrogens with zero attached hydrogens (tertiary/aromatic N) is 1. The third kappa shape index (κ3) is 5.02. The molecule has 0 amide bonds. The number of hydrogen-bond acceptors (Lipinski definition) is 2. The summed E-state index contributed by atoms with van der Waals surface area (Å²) < 4.78 is 5.33. The standard InChI is InChI=1S/C18H22N4O.HI/c1-2-19-18(20-10-9-16-7-5-11-23-16)21-13-15-12-14-6-3-4-8-17(14)22-15;/h3-8,11-12,22H,2,9-10,13H2,1H3,(H2,19,20,21);1H. The molecule has 1 aromatic carbocycles. The highest BCUT2D eigenvalue weighted by Gasteiger charge is 2.02. The van der Waals surface area contributed by atoms with Crippen molar-refractivity contribution in [2.45, 2.75) is 19.9 Å². The Labute approximate surface area is 159 Å². The quantitative estimate of drug-likeness (QED) is 0.313. The summed E-state index contributed by atoms with van der Waals surface area (Å²) in [6.45, 7) is 4.29. The van der Waals surface area contributed by atoms with Gasteiger partial charge >= 0.3 is 0 Å². The van der Waals surface area contributed by atoms with E-state index in [1.54, 1.807) is 6.26 Å². The number of furan rings is 1. The number of benzene rings is 1. The average molecular weight is 438 g/mol. The van der Waals surface area contributed by atoms with Crippen LogP contribution in [0.5, 0.6) is 0 Å². The van der Waals surface area contributed by atoms with Gasteiger partial charge < -0.3 is 20.0 Å². The van der Waals surface area contributed by atoms with Gasteiger partial charge in [0.25, 0.3) is 0 Å². The molecule has 0 saturated carbocycles. The van der Waals surface area contributed by atoms with Crippen molar-refractivity contribution in [3.8, 4) is 0 Å². The number of aliphatic imine (C=N–C) groups is 1. The molecule has 0 spiro atoms. The summed E-state index contributed by atoms with van der Waals surface area (Å²) in [4.78, 5) is 8.02. The summed E-state index contributed by atoms with van der Waals surface area (Å²) in [5.41, 5.74) is 2.25. The Morgan fingerprint density at radius 2 is 2.04 bits per heavy atom. The molecular formula is C18H23IN4O. The molecule has 0 unspecified atom stereocenters. The van der Waals surface area contributed by atoms with Gasteiger partial charge in [-0.3, -0.25) is 0 Å². The summed E-state index contributed by atoms with van der Waals surface area (Å²) in [5.74, 6) is 1.79.